The summed E-state index contributed by atoms with van der Waals surface area (Å²) in [7, 11) is 0. The smallest absolute Gasteiger partial charge is 0.129 e. The molecule has 0 aliphatic carbocycles. The highest BCUT2D eigenvalue weighted by atomic mass is 19.1. The first-order chi connectivity index (χ1) is 8.61. The summed E-state index contributed by atoms with van der Waals surface area (Å²) in [4.78, 5) is 0. The molecule has 0 fully saturated rings. The second-order valence-corrected chi connectivity index (χ2v) is 3.99. The second kappa shape index (κ2) is 5.25. The molecule has 0 aliphatic heterocycles. The van der Waals surface area contributed by atoms with Crippen LogP contribution in [0.4, 0.5) is 8.78 Å². The first kappa shape index (κ1) is 12.7. The van der Waals surface area contributed by atoms with Gasteiger partial charge in [0.05, 0.1) is 6.10 Å². The molecule has 94 valence electrons. The third-order valence-corrected chi connectivity index (χ3v) is 2.76. The van der Waals surface area contributed by atoms with Crippen LogP contribution in [-0.4, -0.2) is 11.7 Å². The largest absolute Gasteiger partial charge is 0.387 e. The van der Waals surface area contributed by atoms with Crippen LogP contribution in [0.25, 0.3) is 11.1 Å². The summed E-state index contributed by atoms with van der Waals surface area (Å²) in [5.74, 6) is -0.832. The third-order valence-electron chi connectivity index (χ3n) is 2.76. The Bertz CT molecular complexity index is 540. The van der Waals surface area contributed by atoms with Crippen LogP contribution in [0.15, 0.2) is 42.5 Å². The highest BCUT2D eigenvalue weighted by Gasteiger charge is 2.12. The second-order valence-electron chi connectivity index (χ2n) is 3.99. The lowest BCUT2D eigenvalue weighted by Gasteiger charge is -2.11. The number of benzene rings is 2. The van der Waals surface area contributed by atoms with Gasteiger partial charge in [0.2, 0.25) is 0 Å². The first-order valence-electron chi connectivity index (χ1n) is 5.55. The molecule has 0 radical (unpaired) electrons. The number of rotatable bonds is 3. The van der Waals surface area contributed by atoms with Crippen LogP contribution in [0.1, 0.15) is 11.7 Å². The topological polar surface area (TPSA) is 46.2 Å². The maximum absolute atomic E-state index is 13.5. The minimum atomic E-state index is -1.04. The summed E-state index contributed by atoms with van der Waals surface area (Å²) < 4.78 is 26.3. The predicted octanol–water partition coefficient (Wildman–Crippen LogP) is 2.62. The Hall–Kier alpha value is -1.78. The molecule has 0 saturated heterocycles. The van der Waals surface area contributed by atoms with Crippen molar-refractivity contribution < 1.29 is 13.9 Å². The molecule has 0 aromatic heterocycles. The summed E-state index contributed by atoms with van der Waals surface area (Å²) in [6.45, 7) is -0.0518. The predicted molar refractivity (Wildman–Crippen MR) is 65.8 cm³/mol. The van der Waals surface area contributed by atoms with Gasteiger partial charge in [-0.2, -0.15) is 0 Å². The van der Waals surface area contributed by atoms with E-state index in [2.05, 4.69) is 0 Å². The number of nitrogens with two attached hydrogens (primary N) is 1. The van der Waals surface area contributed by atoms with E-state index >= 15 is 0 Å². The fourth-order valence-electron chi connectivity index (χ4n) is 1.75. The molecule has 0 aliphatic rings. The minimum absolute atomic E-state index is 0.0518. The molecule has 0 saturated carbocycles. The lowest BCUT2D eigenvalue weighted by Crippen LogP contribution is -2.13. The van der Waals surface area contributed by atoms with E-state index in [-0.39, 0.29) is 17.9 Å². The molecule has 2 rings (SSSR count). The lowest BCUT2D eigenvalue weighted by molar-refractivity contribution is 0.182. The Balaban J connectivity index is 2.43. The zero-order valence-electron chi connectivity index (χ0n) is 9.61. The van der Waals surface area contributed by atoms with Crippen LogP contribution in [0.5, 0.6) is 0 Å². The first-order valence-corrected chi connectivity index (χ1v) is 5.55. The Morgan fingerprint density at radius 3 is 2.22 bits per heavy atom. The van der Waals surface area contributed by atoms with E-state index in [1.807, 2.05) is 0 Å². The van der Waals surface area contributed by atoms with Crippen molar-refractivity contribution in [2.75, 3.05) is 6.54 Å². The van der Waals surface area contributed by atoms with Crippen LogP contribution in [0, 0.1) is 11.6 Å². The molecule has 1 atom stereocenters. The standard InChI is InChI=1S/C14H13F2NO/c15-11-4-1-9(2-5-11)10-3-6-13(16)12(7-10)14(18)8-17/h1-7,14,18H,8,17H2. The van der Waals surface area contributed by atoms with Crippen LogP contribution >= 0.6 is 0 Å². The van der Waals surface area contributed by atoms with Crippen LogP contribution in [0.3, 0.4) is 0 Å². The highest BCUT2D eigenvalue weighted by molar-refractivity contribution is 5.64. The van der Waals surface area contributed by atoms with Gasteiger partial charge in [-0.1, -0.05) is 18.2 Å². The van der Waals surface area contributed by atoms with Gasteiger partial charge in [-0.05, 0) is 35.4 Å². The van der Waals surface area contributed by atoms with Gasteiger partial charge in [0.15, 0.2) is 0 Å². The van der Waals surface area contributed by atoms with Crippen molar-refractivity contribution in [2.45, 2.75) is 6.10 Å². The van der Waals surface area contributed by atoms with Crippen molar-refractivity contribution in [1.29, 1.82) is 0 Å². The van der Waals surface area contributed by atoms with Crippen molar-refractivity contribution in [2.24, 2.45) is 5.73 Å². The molecule has 1 unspecified atom stereocenters. The average Bonchev–Trinajstić information content (AvgIpc) is 2.39. The molecular formula is C14H13F2NO. The quantitative estimate of drug-likeness (QED) is 0.878. The number of aliphatic hydroxyl groups is 1. The molecule has 2 aromatic carbocycles. The van der Waals surface area contributed by atoms with Crippen molar-refractivity contribution >= 4 is 0 Å². The summed E-state index contributed by atoms with van der Waals surface area (Å²) in [6, 6.07) is 10.2. The molecule has 0 amide bonds. The maximum atomic E-state index is 13.5. The molecule has 3 N–H and O–H groups in total. The SMILES string of the molecule is NCC(O)c1cc(-c2ccc(F)cc2)ccc1F. The monoisotopic (exact) mass is 249 g/mol. The Morgan fingerprint density at radius 1 is 1.00 bits per heavy atom. The third kappa shape index (κ3) is 2.55. The molecule has 0 bridgehead atoms. The molecule has 0 heterocycles. The maximum Gasteiger partial charge on any atom is 0.129 e. The van der Waals surface area contributed by atoms with Crippen molar-refractivity contribution in [3.63, 3.8) is 0 Å². The normalized spacial score (nSPS) is 12.4. The molecular weight excluding hydrogens is 236 g/mol. The van der Waals surface area contributed by atoms with Gasteiger partial charge in [-0.15, -0.1) is 0 Å². The van der Waals surface area contributed by atoms with E-state index in [0.29, 0.717) is 5.56 Å². The van der Waals surface area contributed by atoms with Crippen molar-refractivity contribution in [3.8, 4) is 11.1 Å². The van der Waals surface area contributed by atoms with Crippen molar-refractivity contribution in [3.05, 3.63) is 59.7 Å². The molecule has 2 aromatic rings. The number of hydrogen-bond acceptors (Lipinski definition) is 2. The summed E-state index contributed by atoms with van der Waals surface area (Å²) in [5, 5.41) is 9.60. The van der Waals surface area contributed by atoms with E-state index in [4.69, 9.17) is 5.73 Å². The van der Waals surface area contributed by atoms with Gasteiger partial charge in [-0.25, -0.2) is 8.78 Å². The van der Waals surface area contributed by atoms with Crippen molar-refractivity contribution in [1.82, 2.24) is 0 Å². The molecule has 0 spiro atoms. The van der Waals surface area contributed by atoms with Gasteiger partial charge in [0.25, 0.3) is 0 Å². The number of aliphatic hydroxyl groups excluding tert-OH is 1. The number of hydrogen-bond donors (Lipinski definition) is 2. The Labute approximate surface area is 104 Å². The Kier molecular flexibility index (Phi) is 3.69. The van der Waals surface area contributed by atoms with E-state index in [0.717, 1.165) is 5.56 Å². The minimum Gasteiger partial charge on any atom is -0.387 e. The zero-order chi connectivity index (χ0) is 13.1. The summed E-state index contributed by atoms with van der Waals surface area (Å²) in [5.41, 5.74) is 6.93. The van der Waals surface area contributed by atoms with E-state index in [1.54, 1.807) is 18.2 Å². The van der Waals surface area contributed by atoms with Crippen LogP contribution < -0.4 is 5.73 Å². The fourth-order valence-corrected chi connectivity index (χ4v) is 1.75. The van der Waals surface area contributed by atoms with Gasteiger partial charge < -0.3 is 10.8 Å². The van der Waals surface area contributed by atoms with Crippen LogP contribution in [-0.2, 0) is 0 Å². The zero-order valence-corrected chi connectivity index (χ0v) is 9.61. The Morgan fingerprint density at radius 2 is 1.61 bits per heavy atom. The van der Waals surface area contributed by atoms with E-state index < -0.39 is 11.9 Å². The highest BCUT2D eigenvalue weighted by Crippen LogP contribution is 2.25. The molecule has 18 heavy (non-hydrogen) atoms. The summed E-state index contributed by atoms with van der Waals surface area (Å²) >= 11 is 0. The van der Waals surface area contributed by atoms with E-state index in [1.165, 1.54) is 24.3 Å². The van der Waals surface area contributed by atoms with Gasteiger partial charge in [0, 0.05) is 12.1 Å². The van der Waals surface area contributed by atoms with Gasteiger partial charge in [0.1, 0.15) is 11.6 Å². The fraction of sp³-hybridized carbons (Fsp3) is 0.143. The molecule has 2 nitrogen and oxygen atoms in total. The van der Waals surface area contributed by atoms with E-state index in [9.17, 15) is 13.9 Å². The number of halogens is 2. The van der Waals surface area contributed by atoms with Gasteiger partial charge in [-0.3, -0.25) is 0 Å². The summed E-state index contributed by atoms with van der Waals surface area (Å²) in [6.07, 6.45) is -1.04. The lowest BCUT2D eigenvalue weighted by atomic mass is 10.00. The van der Waals surface area contributed by atoms with Gasteiger partial charge >= 0.3 is 0 Å². The molecule has 4 heteroatoms. The average molecular weight is 249 g/mol. The van der Waals surface area contributed by atoms with Crippen LogP contribution in [0.2, 0.25) is 0 Å².